The van der Waals surface area contributed by atoms with Crippen molar-refractivity contribution in [3.63, 3.8) is 0 Å². The molecule has 0 fully saturated rings. The molecule has 0 aromatic heterocycles. The molecular weight excluding hydrogens is 162 g/mol. The van der Waals surface area contributed by atoms with Crippen LogP contribution in [-0.4, -0.2) is 17.9 Å². The molecule has 0 bridgehead atoms. The Kier molecular flexibility index (Phi) is 5.10. The third kappa shape index (κ3) is 8.84. The van der Waals surface area contributed by atoms with Crippen molar-refractivity contribution in [1.29, 1.82) is 5.41 Å². The minimum atomic E-state index is -0.155. The third-order valence-corrected chi connectivity index (χ3v) is 1.13. The van der Waals surface area contributed by atoms with Gasteiger partial charge in [-0.3, -0.25) is 5.41 Å². The van der Waals surface area contributed by atoms with E-state index in [1.54, 1.807) is 12.2 Å². The Bertz CT molecular complexity index is 247. The first-order valence-corrected chi connectivity index (χ1v) is 4.30. The highest BCUT2D eigenvalue weighted by atomic mass is 16.5. The summed E-state index contributed by atoms with van der Waals surface area (Å²) in [6.45, 7) is 8.18. The highest BCUT2D eigenvalue weighted by molar-refractivity contribution is 6.06. The van der Waals surface area contributed by atoms with Gasteiger partial charge in [0, 0.05) is 0 Å². The lowest BCUT2D eigenvalue weighted by Gasteiger charge is -2.16. The minimum absolute atomic E-state index is 0.155. The van der Waals surface area contributed by atoms with Gasteiger partial charge in [-0.05, 0) is 39.7 Å². The maximum absolute atomic E-state index is 7.31. The molecule has 0 saturated heterocycles. The molecule has 0 aliphatic rings. The van der Waals surface area contributed by atoms with Gasteiger partial charge in [-0.2, -0.15) is 0 Å². The van der Waals surface area contributed by atoms with Crippen molar-refractivity contribution in [3.05, 3.63) is 12.2 Å². The first-order chi connectivity index (χ1) is 5.95. The molecule has 13 heavy (non-hydrogen) atoms. The van der Waals surface area contributed by atoms with Crippen LogP contribution in [0.4, 0.5) is 0 Å². The zero-order chi connectivity index (χ0) is 10.3. The van der Waals surface area contributed by atoms with Crippen LogP contribution < -0.4 is 0 Å². The molecule has 72 valence electrons. The second kappa shape index (κ2) is 5.55. The highest BCUT2D eigenvalue weighted by Gasteiger charge is 2.07. The van der Waals surface area contributed by atoms with Crippen LogP contribution in [0.5, 0.6) is 0 Å². The summed E-state index contributed by atoms with van der Waals surface area (Å²) in [6.07, 6.45) is 3.45. The van der Waals surface area contributed by atoms with Crippen LogP contribution in [0.3, 0.4) is 0 Å². The van der Waals surface area contributed by atoms with Gasteiger partial charge in [-0.25, -0.2) is 0 Å². The molecule has 2 heteroatoms. The van der Waals surface area contributed by atoms with Gasteiger partial charge in [0.1, 0.15) is 12.3 Å². The van der Waals surface area contributed by atoms with E-state index >= 15 is 0 Å². The largest absolute Gasteiger partial charge is 0.363 e. The number of nitrogens with one attached hydrogen (secondary N) is 1. The fraction of sp³-hybridized carbons (Fsp3) is 0.545. The number of rotatable bonds is 2. The molecular formula is C11H17NO. The predicted molar refractivity (Wildman–Crippen MR) is 56.0 cm³/mol. The summed E-state index contributed by atoms with van der Waals surface area (Å²) in [7, 11) is 0. The first-order valence-electron chi connectivity index (χ1n) is 4.30. The maximum atomic E-state index is 7.31. The second-order valence-corrected chi connectivity index (χ2v) is 3.62. The molecule has 0 radical (unpaired) electrons. The molecule has 0 aromatic carbocycles. The summed E-state index contributed by atoms with van der Waals surface area (Å²) < 4.78 is 5.36. The van der Waals surface area contributed by atoms with Crippen molar-refractivity contribution in [3.8, 4) is 11.8 Å². The summed E-state index contributed by atoms with van der Waals surface area (Å²) in [5, 5.41) is 7.31. The van der Waals surface area contributed by atoms with E-state index in [-0.39, 0.29) is 5.60 Å². The number of hydrogen-bond acceptors (Lipinski definition) is 2. The summed E-state index contributed by atoms with van der Waals surface area (Å²) in [4.78, 5) is 0. The van der Waals surface area contributed by atoms with E-state index in [9.17, 15) is 0 Å². The molecule has 0 spiro atoms. The van der Waals surface area contributed by atoms with E-state index in [1.807, 2.05) is 27.7 Å². The molecule has 0 aliphatic heterocycles. The Morgan fingerprint density at radius 2 is 2.08 bits per heavy atom. The molecule has 0 rings (SSSR count). The number of hydrogen-bond donors (Lipinski definition) is 1. The topological polar surface area (TPSA) is 33.1 Å². The molecule has 0 aliphatic carbocycles. The van der Waals surface area contributed by atoms with Crippen LogP contribution >= 0.6 is 0 Å². The standard InChI is InChI=1S/C11H17NO/c1-5-7-10(12)8-6-9-13-11(2,3)4/h5,7,12H,9H2,1-4H3/b7-5-,12-10?. The Hall–Kier alpha value is -1.07. The van der Waals surface area contributed by atoms with Crippen LogP contribution in [0.2, 0.25) is 0 Å². The smallest absolute Gasteiger partial charge is 0.108 e. The van der Waals surface area contributed by atoms with Crippen LogP contribution in [-0.2, 0) is 4.74 Å². The Morgan fingerprint density at radius 1 is 1.46 bits per heavy atom. The molecule has 0 amide bonds. The molecule has 2 nitrogen and oxygen atoms in total. The lowest BCUT2D eigenvalue weighted by Crippen LogP contribution is -2.19. The van der Waals surface area contributed by atoms with Gasteiger partial charge in [-0.1, -0.05) is 12.0 Å². The Balaban J connectivity index is 3.81. The Morgan fingerprint density at radius 3 is 2.54 bits per heavy atom. The van der Waals surface area contributed by atoms with E-state index in [0.717, 1.165) is 0 Å². The zero-order valence-corrected chi connectivity index (χ0v) is 8.77. The van der Waals surface area contributed by atoms with Crippen molar-refractivity contribution in [2.45, 2.75) is 33.3 Å². The van der Waals surface area contributed by atoms with E-state index < -0.39 is 0 Å². The molecule has 0 heterocycles. The molecule has 0 aromatic rings. The zero-order valence-electron chi connectivity index (χ0n) is 8.77. The van der Waals surface area contributed by atoms with Gasteiger partial charge in [0.05, 0.1) is 5.60 Å². The third-order valence-electron chi connectivity index (χ3n) is 1.13. The fourth-order valence-corrected chi connectivity index (χ4v) is 0.592. The molecule has 0 unspecified atom stereocenters. The molecule has 0 saturated carbocycles. The average molecular weight is 179 g/mol. The van der Waals surface area contributed by atoms with Crippen LogP contribution in [0.25, 0.3) is 0 Å². The molecule has 1 N–H and O–H groups in total. The minimum Gasteiger partial charge on any atom is -0.363 e. The van der Waals surface area contributed by atoms with Gasteiger partial charge < -0.3 is 4.74 Å². The van der Waals surface area contributed by atoms with Gasteiger partial charge >= 0.3 is 0 Å². The molecule has 0 atom stereocenters. The van der Waals surface area contributed by atoms with Crippen molar-refractivity contribution in [2.24, 2.45) is 0 Å². The monoisotopic (exact) mass is 179 g/mol. The van der Waals surface area contributed by atoms with Gasteiger partial charge in [-0.15, -0.1) is 0 Å². The van der Waals surface area contributed by atoms with Gasteiger partial charge in [0.15, 0.2) is 0 Å². The predicted octanol–water partition coefficient (Wildman–Crippen LogP) is 2.40. The van der Waals surface area contributed by atoms with E-state index in [0.29, 0.717) is 12.3 Å². The maximum Gasteiger partial charge on any atom is 0.108 e. The normalized spacial score (nSPS) is 11.1. The lowest BCUT2D eigenvalue weighted by atomic mass is 10.2. The van der Waals surface area contributed by atoms with E-state index in [2.05, 4.69) is 11.8 Å². The number of ether oxygens (including phenoxy) is 1. The average Bonchev–Trinajstić information content (AvgIpc) is 1.97. The highest BCUT2D eigenvalue weighted by Crippen LogP contribution is 2.04. The quantitative estimate of drug-likeness (QED) is 0.512. The van der Waals surface area contributed by atoms with E-state index in [1.165, 1.54) is 0 Å². The summed E-state index contributed by atoms with van der Waals surface area (Å²) >= 11 is 0. The van der Waals surface area contributed by atoms with E-state index in [4.69, 9.17) is 10.1 Å². The SMILES string of the molecule is C/C=C\C(=N)C#CCOC(C)(C)C. The fourth-order valence-electron chi connectivity index (χ4n) is 0.592. The van der Waals surface area contributed by atoms with Crippen molar-refractivity contribution in [2.75, 3.05) is 6.61 Å². The summed E-state index contributed by atoms with van der Waals surface area (Å²) in [5.74, 6) is 5.46. The van der Waals surface area contributed by atoms with Gasteiger partial charge in [0.2, 0.25) is 0 Å². The van der Waals surface area contributed by atoms with Crippen molar-refractivity contribution >= 4 is 5.71 Å². The summed E-state index contributed by atoms with van der Waals surface area (Å²) in [6, 6.07) is 0. The van der Waals surface area contributed by atoms with Crippen molar-refractivity contribution < 1.29 is 4.74 Å². The second-order valence-electron chi connectivity index (χ2n) is 3.62. The Labute approximate surface area is 80.5 Å². The van der Waals surface area contributed by atoms with Gasteiger partial charge in [0.25, 0.3) is 0 Å². The number of allylic oxidation sites excluding steroid dienone is 2. The van der Waals surface area contributed by atoms with Crippen LogP contribution in [0.1, 0.15) is 27.7 Å². The van der Waals surface area contributed by atoms with Crippen LogP contribution in [0, 0.1) is 17.3 Å². The summed E-state index contributed by atoms with van der Waals surface area (Å²) in [5.41, 5.74) is 0.164. The first kappa shape index (κ1) is 11.9. The van der Waals surface area contributed by atoms with Crippen molar-refractivity contribution in [1.82, 2.24) is 0 Å². The lowest BCUT2D eigenvalue weighted by molar-refractivity contribution is 0.0181. The van der Waals surface area contributed by atoms with Crippen LogP contribution in [0.15, 0.2) is 12.2 Å².